The lowest BCUT2D eigenvalue weighted by molar-refractivity contribution is 0.0388. The Hall–Kier alpha value is -1.28. The van der Waals surface area contributed by atoms with Crippen LogP contribution in [-0.4, -0.2) is 76.7 Å². The fourth-order valence-electron chi connectivity index (χ4n) is 3.00. The average Bonchev–Trinajstić information content (AvgIpc) is 3.37. The van der Waals surface area contributed by atoms with Crippen molar-refractivity contribution in [1.82, 2.24) is 30.3 Å². The summed E-state index contributed by atoms with van der Waals surface area (Å²) in [5, 5.41) is 27.7. The van der Waals surface area contributed by atoms with Crippen LogP contribution in [0, 0.1) is 6.92 Å². The first-order chi connectivity index (χ1) is 14.0. The SMILES string of the molecule is Cc1nnc(CN=C(NCCN2CCOCC2)NCC(C)(O)c2cccs2)n1C.I. The first-order valence-electron chi connectivity index (χ1n) is 9.89. The predicted octanol–water partition coefficient (Wildman–Crippen LogP) is 1.08. The Kier molecular flexibility index (Phi) is 9.94. The van der Waals surface area contributed by atoms with E-state index >= 15 is 0 Å². The van der Waals surface area contributed by atoms with Gasteiger partial charge >= 0.3 is 0 Å². The molecule has 3 heterocycles. The van der Waals surface area contributed by atoms with Gasteiger partial charge in [0.2, 0.25) is 0 Å². The number of rotatable bonds is 8. The Bertz CT molecular complexity index is 789. The van der Waals surface area contributed by atoms with E-state index in [2.05, 4.69) is 30.7 Å². The second kappa shape index (κ2) is 11.9. The van der Waals surface area contributed by atoms with Crippen LogP contribution in [-0.2, 0) is 23.9 Å². The normalized spacial score (nSPS) is 17.3. The molecule has 0 aliphatic carbocycles. The third-order valence-corrected chi connectivity index (χ3v) is 6.16. The lowest BCUT2D eigenvalue weighted by Crippen LogP contribution is -2.47. The highest BCUT2D eigenvalue weighted by atomic mass is 127. The molecule has 2 aromatic heterocycles. The fraction of sp³-hybridized carbons (Fsp3) is 0.632. The van der Waals surface area contributed by atoms with Gasteiger partial charge in [-0.05, 0) is 25.3 Å². The van der Waals surface area contributed by atoms with Crippen molar-refractivity contribution in [2.75, 3.05) is 45.9 Å². The van der Waals surface area contributed by atoms with E-state index in [1.807, 2.05) is 43.0 Å². The van der Waals surface area contributed by atoms with Crippen LogP contribution in [0.3, 0.4) is 0 Å². The second-order valence-electron chi connectivity index (χ2n) is 7.37. The largest absolute Gasteiger partial charge is 0.383 e. The van der Waals surface area contributed by atoms with Crippen LogP contribution in [0.1, 0.15) is 23.4 Å². The van der Waals surface area contributed by atoms with E-state index in [0.29, 0.717) is 19.0 Å². The van der Waals surface area contributed by atoms with E-state index in [9.17, 15) is 5.11 Å². The molecule has 0 spiro atoms. The number of aromatic nitrogens is 3. The molecule has 1 aliphatic heterocycles. The van der Waals surface area contributed by atoms with Crippen molar-refractivity contribution in [2.24, 2.45) is 12.0 Å². The van der Waals surface area contributed by atoms with Crippen LogP contribution in [0.2, 0.25) is 0 Å². The molecular weight excluding hydrogens is 517 g/mol. The van der Waals surface area contributed by atoms with Gasteiger partial charge in [-0.15, -0.1) is 45.5 Å². The minimum absolute atomic E-state index is 0. The molecule has 0 bridgehead atoms. The minimum Gasteiger partial charge on any atom is -0.383 e. The van der Waals surface area contributed by atoms with Crippen LogP contribution in [0.15, 0.2) is 22.5 Å². The maximum Gasteiger partial charge on any atom is 0.191 e. The smallest absolute Gasteiger partial charge is 0.191 e. The van der Waals surface area contributed by atoms with Gasteiger partial charge in [-0.1, -0.05) is 6.07 Å². The van der Waals surface area contributed by atoms with E-state index in [4.69, 9.17) is 4.74 Å². The van der Waals surface area contributed by atoms with Gasteiger partial charge in [-0.3, -0.25) is 4.90 Å². The summed E-state index contributed by atoms with van der Waals surface area (Å²) in [5.41, 5.74) is -0.970. The third kappa shape index (κ3) is 7.15. The van der Waals surface area contributed by atoms with Crippen molar-refractivity contribution in [3.63, 3.8) is 0 Å². The summed E-state index contributed by atoms with van der Waals surface area (Å²) in [7, 11) is 1.93. The number of guanidine groups is 1. The molecule has 3 rings (SSSR count). The van der Waals surface area contributed by atoms with Gasteiger partial charge in [0.05, 0.1) is 19.8 Å². The lowest BCUT2D eigenvalue weighted by atomic mass is 10.1. The number of aliphatic imine (C=N–C) groups is 1. The zero-order valence-electron chi connectivity index (χ0n) is 17.8. The van der Waals surface area contributed by atoms with E-state index in [0.717, 1.165) is 55.9 Å². The van der Waals surface area contributed by atoms with Gasteiger partial charge < -0.3 is 25.0 Å². The average molecular weight is 549 g/mol. The van der Waals surface area contributed by atoms with Crippen molar-refractivity contribution in [2.45, 2.75) is 26.0 Å². The number of hydrogen-bond donors (Lipinski definition) is 3. The Morgan fingerprint density at radius 3 is 2.73 bits per heavy atom. The van der Waals surface area contributed by atoms with Crippen molar-refractivity contribution in [1.29, 1.82) is 0 Å². The summed E-state index contributed by atoms with van der Waals surface area (Å²) >= 11 is 1.54. The molecule has 2 aromatic rings. The van der Waals surface area contributed by atoms with Crippen LogP contribution in [0.5, 0.6) is 0 Å². The molecule has 9 nitrogen and oxygen atoms in total. The number of halogens is 1. The lowest BCUT2D eigenvalue weighted by Gasteiger charge is -2.27. The summed E-state index contributed by atoms with van der Waals surface area (Å²) in [5.74, 6) is 2.29. The fourth-order valence-corrected chi connectivity index (χ4v) is 3.78. The molecule has 1 fully saturated rings. The van der Waals surface area contributed by atoms with Crippen molar-refractivity contribution in [3.8, 4) is 0 Å². The van der Waals surface area contributed by atoms with Crippen molar-refractivity contribution >= 4 is 41.3 Å². The summed E-state index contributed by atoms with van der Waals surface area (Å²) in [6.45, 7) is 9.63. The zero-order valence-corrected chi connectivity index (χ0v) is 20.9. The summed E-state index contributed by atoms with van der Waals surface area (Å²) in [6.07, 6.45) is 0. The van der Waals surface area contributed by atoms with Gasteiger partial charge in [0, 0.05) is 38.1 Å². The van der Waals surface area contributed by atoms with Gasteiger partial charge in [-0.25, -0.2) is 4.99 Å². The number of morpholine rings is 1. The molecule has 0 amide bonds. The number of aliphatic hydroxyl groups is 1. The van der Waals surface area contributed by atoms with E-state index in [1.165, 1.54) is 0 Å². The predicted molar refractivity (Wildman–Crippen MR) is 129 cm³/mol. The molecule has 1 unspecified atom stereocenters. The molecular formula is C19H32IN7O2S. The van der Waals surface area contributed by atoms with Crippen LogP contribution < -0.4 is 10.6 Å². The van der Waals surface area contributed by atoms with Gasteiger partial charge in [-0.2, -0.15) is 0 Å². The first-order valence-corrected chi connectivity index (χ1v) is 10.8. The molecule has 11 heteroatoms. The highest BCUT2D eigenvalue weighted by Crippen LogP contribution is 2.24. The molecule has 1 atom stereocenters. The van der Waals surface area contributed by atoms with E-state index in [-0.39, 0.29) is 24.0 Å². The number of nitrogens with one attached hydrogen (secondary N) is 2. The molecule has 1 aliphatic rings. The van der Waals surface area contributed by atoms with E-state index in [1.54, 1.807) is 11.3 Å². The van der Waals surface area contributed by atoms with Crippen LogP contribution in [0.25, 0.3) is 0 Å². The van der Waals surface area contributed by atoms with Crippen LogP contribution >= 0.6 is 35.3 Å². The number of hydrogen-bond acceptors (Lipinski definition) is 7. The molecule has 0 radical (unpaired) electrons. The highest BCUT2D eigenvalue weighted by Gasteiger charge is 2.24. The second-order valence-corrected chi connectivity index (χ2v) is 8.32. The molecule has 30 heavy (non-hydrogen) atoms. The summed E-state index contributed by atoms with van der Waals surface area (Å²) < 4.78 is 7.33. The summed E-state index contributed by atoms with van der Waals surface area (Å²) in [6, 6.07) is 3.89. The Morgan fingerprint density at radius 2 is 2.10 bits per heavy atom. The van der Waals surface area contributed by atoms with Crippen molar-refractivity contribution < 1.29 is 9.84 Å². The number of thiophene rings is 1. The highest BCUT2D eigenvalue weighted by molar-refractivity contribution is 14.0. The zero-order chi connectivity index (χ0) is 20.7. The van der Waals surface area contributed by atoms with Gasteiger partial charge in [0.25, 0.3) is 0 Å². The Labute approximate surface area is 199 Å². The number of aryl methyl sites for hydroxylation is 1. The molecule has 0 aromatic carbocycles. The van der Waals surface area contributed by atoms with Gasteiger partial charge in [0.15, 0.2) is 11.8 Å². The molecule has 168 valence electrons. The van der Waals surface area contributed by atoms with Gasteiger partial charge in [0.1, 0.15) is 18.0 Å². The standard InChI is InChI=1S/C19H31N7O2S.HI/c1-15-23-24-17(25(15)3)13-21-18(20-6-7-26-8-10-28-11-9-26)22-14-19(2,27)16-5-4-12-29-16;/h4-5,12,27H,6-11,13-14H2,1-3H3,(H2,20,21,22);1H. The minimum atomic E-state index is -0.970. The number of ether oxygens (including phenoxy) is 1. The van der Waals surface area contributed by atoms with Crippen molar-refractivity contribution in [3.05, 3.63) is 34.0 Å². The third-order valence-electron chi connectivity index (χ3n) is 5.04. The maximum atomic E-state index is 10.8. The quantitative estimate of drug-likeness (QED) is 0.258. The maximum absolute atomic E-state index is 10.8. The summed E-state index contributed by atoms with van der Waals surface area (Å²) in [4.78, 5) is 7.94. The van der Waals surface area contributed by atoms with Crippen LogP contribution in [0.4, 0.5) is 0 Å². The van der Waals surface area contributed by atoms with E-state index < -0.39 is 5.60 Å². The Morgan fingerprint density at radius 1 is 1.33 bits per heavy atom. The monoisotopic (exact) mass is 549 g/mol. The topological polar surface area (TPSA) is 99.8 Å². The molecule has 1 saturated heterocycles. The Balaban J connectivity index is 0.00000320. The number of nitrogens with zero attached hydrogens (tertiary/aromatic N) is 5. The molecule has 3 N–H and O–H groups in total. The first kappa shape index (κ1) is 25.0. The molecule has 0 saturated carbocycles.